The molecule has 1 amide bonds. The van der Waals surface area contributed by atoms with E-state index in [0.29, 0.717) is 39.1 Å². The van der Waals surface area contributed by atoms with Gasteiger partial charge in [-0.2, -0.15) is 13.2 Å². The zero-order valence-electron chi connectivity index (χ0n) is 22.9. The highest BCUT2D eigenvalue weighted by atomic mass is 35.5. The number of hydrogen-bond donors (Lipinski definition) is 1. The molecule has 2 N–H and O–H groups in total. The van der Waals surface area contributed by atoms with Crippen molar-refractivity contribution in [1.82, 2.24) is 4.90 Å². The van der Waals surface area contributed by atoms with Crippen molar-refractivity contribution in [2.75, 3.05) is 19.8 Å². The van der Waals surface area contributed by atoms with Crippen LogP contribution in [-0.4, -0.2) is 36.6 Å². The first-order chi connectivity index (χ1) is 19.5. The number of nitrogens with two attached hydrogens (primary N) is 1. The number of carbonyl (C=O) groups is 1. The molecule has 0 aliphatic heterocycles. The summed E-state index contributed by atoms with van der Waals surface area (Å²) in [6, 6.07) is 14.6. The van der Waals surface area contributed by atoms with E-state index in [9.17, 15) is 18.0 Å². The first-order valence-corrected chi connectivity index (χ1v) is 14.2. The van der Waals surface area contributed by atoms with Crippen LogP contribution in [0.1, 0.15) is 40.7 Å². The molecule has 5 nitrogen and oxygen atoms in total. The molecule has 3 aromatic rings. The van der Waals surface area contributed by atoms with Gasteiger partial charge in [-0.05, 0) is 91.8 Å². The lowest BCUT2D eigenvalue weighted by Crippen LogP contribution is -2.41. The lowest BCUT2D eigenvalue weighted by Gasteiger charge is -2.28. The number of amides is 1. The van der Waals surface area contributed by atoms with Gasteiger partial charge in [-0.15, -0.1) is 0 Å². The molecule has 0 bridgehead atoms. The molecular formula is C31H33Cl2F3N2O3. The maximum atomic E-state index is 13.5. The molecule has 0 aromatic heterocycles. The molecule has 0 heterocycles. The smallest absolute Gasteiger partial charge is 0.416 e. The summed E-state index contributed by atoms with van der Waals surface area (Å²) < 4.78 is 51.3. The molecule has 4 rings (SSSR count). The Bertz CT molecular complexity index is 1340. The number of ether oxygens (including phenoxy) is 2. The standard InChI is InChI=1S/C31H33Cl2F3N2O3/c1-19-13-27(32)29(28(33)14-19)41-12-11-40-26-9-4-21(5-10-26)15-22(17-37)30(39)38(25-7-8-25)18-23-16-24(31(34,35)36)6-3-20(23)2/h3-6,9-10,13-14,16,22,25H,7-8,11-12,15,17-18,37H2,1-2H3. The Morgan fingerprint density at radius 3 is 2.22 bits per heavy atom. The highest BCUT2D eigenvalue weighted by molar-refractivity contribution is 6.37. The van der Waals surface area contributed by atoms with Crippen LogP contribution in [0.5, 0.6) is 11.5 Å². The van der Waals surface area contributed by atoms with Gasteiger partial charge in [-0.1, -0.05) is 41.4 Å². The van der Waals surface area contributed by atoms with Gasteiger partial charge < -0.3 is 20.1 Å². The topological polar surface area (TPSA) is 64.8 Å². The van der Waals surface area contributed by atoms with Gasteiger partial charge in [0.2, 0.25) is 5.91 Å². The van der Waals surface area contributed by atoms with E-state index < -0.39 is 17.7 Å². The van der Waals surface area contributed by atoms with Gasteiger partial charge in [0.25, 0.3) is 0 Å². The summed E-state index contributed by atoms with van der Waals surface area (Å²) in [5.74, 6) is 0.413. The molecule has 1 aliphatic carbocycles. The van der Waals surface area contributed by atoms with Crippen LogP contribution in [0.15, 0.2) is 54.6 Å². The Labute approximate surface area is 248 Å². The third kappa shape index (κ3) is 8.31. The molecule has 1 fully saturated rings. The van der Waals surface area contributed by atoms with Gasteiger partial charge >= 0.3 is 6.18 Å². The number of halogens is 5. The van der Waals surface area contributed by atoms with Crippen molar-refractivity contribution in [1.29, 1.82) is 0 Å². The molecule has 10 heteroatoms. The predicted octanol–water partition coefficient (Wildman–Crippen LogP) is 7.40. The van der Waals surface area contributed by atoms with Crippen LogP contribution < -0.4 is 15.2 Å². The summed E-state index contributed by atoms with van der Waals surface area (Å²) in [5, 5.41) is 0.877. The van der Waals surface area contributed by atoms with Crippen LogP contribution in [0.3, 0.4) is 0 Å². The second kappa shape index (κ2) is 13.4. The first kappa shape index (κ1) is 31.0. The zero-order chi connectivity index (χ0) is 29.7. The maximum Gasteiger partial charge on any atom is 0.416 e. The second-order valence-corrected chi connectivity index (χ2v) is 11.2. The van der Waals surface area contributed by atoms with Crippen molar-refractivity contribution < 1.29 is 27.4 Å². The molecule has 1 aliphatic rings. The Morgan fingerprint density at radius 2 is 1.63 bits per heavy atom. The van der Waals surface area contributed by atoms with E-state index in [4.69, 9.17) is 38.4 Å². The van der Waals surface area contributed by atoms with E-state index in [1.807, 2.05) is 31.2 Å². The lowest BCUT2D eigenvalue weighted by atomic mass is 9.97. The Hall–Kier alpha value is -2.94. The van der Waals surface area contributed by atoms with Crippen LogP contribution in [0.4, 0.5) is 13.2 Å². The van der Waals surface area contributed by atoms with Crippen LogP contribution in [-0.2, 0) is 23.9 Å². The summed E-state index contributed by atoms with van der Waals surface area (Å²) in [6.45, 7) is 4.43. The molecule has 1 atom stereocenters. The minimum Gasteiger partial charge on any atom is -0.490 e. The number of aryl methyl sites for hydroxylation is 2. The van der Waals surface area contributed by atoms with Crippen molar-refractivity contribution in [3.8, 4) is 11.5 Å². The quantitative estimate of drug-likeness (QED) is 0.218. The monoisotopic (exact) mass is 608 g/mol. The molecule has 41 heavy (non-hydrogen) atoms. The Balaban J connectivity index is 1.34. The minimum absolute atomic E-state index is 0.0214. The number of hydrogen-bond acceptors (Lipinski definition) is 4. The average Bonchev–Trinajstić information content (AvgIpc) is 3.75. The maximum absolute atomic E-state index is 13.5. The number of alkyl halides is 3. The van der Waals surface area contributed by atoms with Crippen molar-refractivity contribution >= 4 is 29.1 Å². The largest absolute Gasteiger partial charge is 0.490 e. The summed E-state index contributed by atoms with van der Waals surface area (Å²) in [7, 11) is 0. The van der Waals surface area contributed by atoms with Crippen LogP contribution in [0.25, 0.3) is 0 Å². The highest BCUT2D eigenvalue weighted by Gasteiger charge is 2.36. The summed E-state index contributed by atoms with van der Waals surface area (Å²) >= 11 is 12.4. The molecule has 0 radical (unpaired) electrons. The predicted molar refractivity (Wildman–Crippen MR) is 155 cm³/mol. The van der Waals surface area contributed by atoms with E-state index in [1.165, 1.54) is 6.07 Å². The number of nitrogens with zero attached hydrogens (tertiary/aromatic N) is 1. The van der Waals surface area contributed by atoms with Gasteiger partial charge in [-0.25, -0.2) is 0 Å². The molecule has 1 unspecified atom stereocenters. The SMILES string of the molecule is Cc1cc(Cl)c(OCCOc2ccc(CC(CN)C(=O)N(Cc3cc(C(F)(F)F)ccc3C)C3CC3)cc2)c(Cl)c1. The van der Waals surface area contributed by atoms with Crippen molar-refractivity contribution in [2.45, 2.75) is 51.9 Å². The minimum atomic E-state index is -4.44. The second-order valence-electron chi connectivity index (χ2n) is 10.4. The fourth-order valence-electron chi connectivity index (χ4n) is 4.61. The van der Waals surface area contributed by atoms with E-state index in [-0.39, 0.29) is 38.3 Å². The molecule has 220 valence electrons. The van der Waals surface area contributed by atoms with Crippen LogP contribution >= 0.6 is 23.2 Å². The summed E-state index contributed by atoms with van der Waals surface area (Å²) in [5.41, 5.74) is 8.36. The fourth-order valence-corrected chi connectivity index (χ4v) is 5.32. The normalized spacial score (nSPS) is 14.0. The lowest BCUT2D eigenvalue weighted by molar-refractivity contribution is -0.137. The van der Waals surface area contributed by atoms with Crippen molar-refractivity contribution in [2.24, 2.45) is 11.7 Å². The van der Waals surface area contributed by atoms with E-state index >= 15 is 0 Å². The van der Waals surface area contributed by atoms with Crippen molar-refractivity contribution in [3.05, 3.63) is 92.5 Å². The van der Waals surface area contributed by atoms with Crippen LogP contribution in [0, 0.1) is 19.8 Å². The van der Waals surface area contributed by atoms with Crippen molar-refractivity contribution in [3.63, 3.8) is 0 Å². The van der Waals surface area contributed by atoms with Gasteiger partial charge in [0, 0.05) is 19.1 Å². The number of carbonyl (C=O) groups excluding carboxylic acids is 1. The molecule has 3 aromatic carbocycles. The third-order valence-electron chi connectivity index (χ3n) is 7.07. The fraction of sp³-hybridized carbons (Fsp3) is 0.387. The number of rotatable bonds is 12. The summed E-state index contributed by atoms with van der Waals surface area (Å²) in [6.07, 6.45) is -2.37. The molecule has 0 saturated heterocycles. The van der Waals surface area contributed by atoms with Gasteiger partial charge in [0.05, 0.1) is 21.5 Å². The average molecular weight is 610 g/mol. The van der Waals surface area contributed by atoms with E-state index in [2.05, 4.69) is 0 Å². The first-order valence-electron chi connectivity index (χ1n) is 13.4. The summed E-state index contributed by atoms with van der Waals surface area (Å²) in [4.78, 5) is 15.2. The molecular weight excluding hydrogens is 576 g/mol. The third-order valence-corrected chi connectivity index (χ3v) is 7.63. The van der Waals surface area contributed by atoms with E-state index in [0.717, 1.165) is 36.1 Å². The van der Waals surface area contributed by atoms with Crippen LogP contribution in [0.2, 0.25) is 10.0 Å². The highest BCUT2D eigenvalue weighted by Crippen LogP contribution is 2.35. The zero-order valence-corrected chi connectivity index (χ0v) is 24.5. The number of benzene rings is 3. The van der Waals surface area contributed by atoms with Gasteiger partial charge in [0.1, 0.15) is 19.0 Å². The molecule has 1 saturated carbocycles. The molecule has 0 spiro atoms. The van der Waals surface area contributed by atoms with E-state index in [1.54, 1.807) is 24.0 Å². The van der Waals surface area contributed by atoms with Gasteiger partial charge in [0.15, 0.2) is 5.75 Å². The Kier molecular flexibility index (Phi) is 10.1. The van der Waals surface area contributed by atoms with Gasteiger partial charge in [-0.3, -0.25) is 4.79 Å². The Morgan fingerprint density at radius 1 is 1.00 bits per heavy atom.